The average Bonchev–Trinajstić information content (AvgIpc) is 2.21. The molecule has 0 amide bonds. The molecule has 1 atom stereocenters. The van der Waals surface area contributed by atoms with Crippen LogP contribution in [0, 0.1) is 11.8 Å². The van der Waals surface area contributed by atoms with Crippen LogP contribution < -0.4 is 5.73 Å². The Morgan fingerprint density at radius 1 is 1.29 bits per heavy atom. The Balaban J connectivity index is 1.93. The van der Waals surface area contributed by atoms with E-state index in [0.717, 1.165) is 6.54 Å². The fourth-order valence-electron chi connectivity index (χ4n) is 2.31. The maximum absolute atomic E-state index is 5.89. The monoisotopic (exact) mass is 192 g/mol. The summed E-state index contributed by atoms with van der Waals surface area (Å²) in [4.78, 5) is 4.65. The summed E-state index contributed by atoms with van der Waals surface area (Å²) in [7, 11) is 0. The predicted molar refractivity (Wildman–Crippen MR) is 60.5 cm³/mol. The molecule has 2 nitrogen and oxygen atoms in total. The summed E-state index contributed by atoms with van der Waals surface area (Å²) in [5, 5.41) is 0. The van der Waals surface area contributed by atoms with Crippen LogP contribution in [0.15, 0.2) is 17.1 Å². The molecule has 1 heterocycles. The first kappa shape index (κ1) is 9.91. The molecule has 0 bridgehead atoms. The van der Waals surface area contributed by atoms with Crippen molar-refractivity contribution in [3.63, 3.8) is 0 Å². The standard InChI is InChI=1S/C12H20N2/c1-9-2-7-12(14-8-9)10-3-5-11(13)6-4-10/h2,7,9-11H,3-6,8,13H2,1H3. The molecule has 2 N–H and O–H groups in total. The summed E-state index contributed by atoms with van der Waals surface area (Å²) in [5.74, 6) is 1.32. The number of hydrogen-bond donors (Lipinski definition) is 1. The van der Waals surface area contributed by atoms with Gasteiger partial charge < -0.3 is 5.73 Å². The second-order valence-corrected chi connectivity index (χ2v) is 4.71. The van der Waals surface area contributed by atoms with Gasteiger partial charge in [0.05, 0.1) is 0 Å². The van der Waals surface area contributed by atoms with Gasteiger partial charge in [0, 0.05) is 24.2 Å². The highest BCUT2D eigenvalue weighted by molar-refractivity contribution is 5.97. The van der Waals surface area contributed by atoms with Crippen LogP contribution in [0.1, 0.15) is 32.6 Å². The third-order valence-electron chi connectivity index (χ3n) is 3.35. The maximum Gasteiger partial charge on any atom is 0.0452 e. The molecule has 1 aliphatic carbocycles. The molecule has 0 aromatic carbocycles. The van der Waals surface area contributed by atoms with Gasteiger partial charge >= 0.3 is 0 Å². The van der Waals surface area contributed by atoms with Gasteiger partial charge in [-0.25, -0.2) is 0 Å². The van der Waals surface area contributed by atoms with Crippen LogP contribution in [0.5, 0.6) is 0 Å². The lowest BCUT2D eigenvalue weighted by Gasteiger charge is -2.27. The summed E-state index contributed by atoms with van der Waals surface area (Å²) in [5.41, 5.74) is 7.22. The molecule has 1 aliphatic heterocycles. The van der Waals surface area contributed by atoms with Crippen LogP contribution in [-0.2, 0) is 0 Å². The molecule has 1 unspecified atom stereocenters. The van der Waals surface area contributed by atoms with Crippen LogP contribution in [-0.4, -0.2) is 18.3 Å². The first-order valence-electron chi connectivity index (χ1n) is 5.74. The van der Waals surface area contributed by atoms with Crippen molar-refractivity contribution in [1.82, 2.24) is 0 Å². The number of allylic oxidation sites excluding steroid dienone is 1. The summed E-state index contributed by atoms with van der Waals surface area (Å²) in [6, 6.07) is 0.443. The van der Waals surface area contributed by atoms with E-state index in [1.54, 1.807) is 0 Å². The Labute approximate surface area is 86.3 Å². The molecule has 1 fully saturated rings. The van der Waals surface area contributed by atoms with E-state index in [0.29, 0.717) is 17.9 Å². The van der Waals surface area contributed by atoms with Gasteiger partial charge in [-0.05, 0) is 37.7 Å². The van der Waals surface area contributed by atoms with E-state index in [-0.39, 0.29) is 0 Å². The van der Waals surface area contributed by atoms with E-state index in [1.807, 2.05) is 0 Å². The largest absolute Gasteiger partial charge is 0.328 e. The number of rotatable bonds is 1. The Hall–Kier alpha value is -0.630. The second kappa shape index (κ2) is 4.26. The normalized spacial score (nSPS) is 38.1. The fourth-order valence-corrected chi connectivity index (χ4v) is 2.31. The van der Waals surface area contributed by atoms with Gasteiger partial charge in [0.1, 0.15) is 0 Å². The molecule has 0 saturated heterocycles. The highest BCUT2D eigenvalue weighted by Crippen LogP contribution is 2.26. The molecule has 2 rings (SSSR count). The van der Waals surface area contributed by atoms with Crippen molar-refractivity contribution in [3.8, 4) is 0 Å². The Kier molecular flexibility index (Phi) is 3.02. The first-order valence-corrected chi connectivity index (χ1v) is 5.74. The van der Waals surface area contributed by atoms with Gasteiger partial charge in [0.25, 0.3) is 0 Å². The highest BCUT2D eigenvalue weighted by Gasteiger charge is 2.22. The number of nitrogens with zero attached hydrogens (tertiary/aromatic N) is 1. The molecule has 2 aliphatic rings. The Morgan fingerprint density at radius 2 is 2.00 bits per heavy atom. The fraction of sp³-hybridized carbons (Fsp3) is 0.750. The minimum Gasteiger partial charge on any atom is -0.328 e. The summed E-state index contributed by atoms with van der Waals surface area (Å²) >= 11 is 0. The van der Waals surface area contributed by atoms with Gasteiger partial charge in [-0.15, -0.1) is 0 Å². The zero-order chi connectivity index (χ0) is 9.97. The molecule has 0 spiro atoms. The number of aliphatic imine (C=N–C) groups is 1. The summed E-state index contributed by atoms with van der Waals surface area (Å²) < 4.78 is 0. The van der Waals surface area contributed by atoms with E-state index < -0.39 is 0 Å². The lowest BCUT2D eigenvalue weighted by Crippen LogP contribution is -2.30. The van der Waals surface area contributed by atoms with E-state index in [2.05, 4.69) is 24.1 Å². The van der Waals surface area contributed by atoms with Gasteiger partial charge in [-0.1, -0.05) is 13.0 Å². The SMILES string of the molecule is CC1C=CC(C2CCC(N)CC2)=NC1. The van der Waals surface area contributed by atoms with E-state index >= 15 is 0 Å². The van der Waals surface area contributed by atoms with Crippen molar-refractivity contribution in [2.24, 2.45) is 22.6 Å². The van der Waals surface area contributed by atoms with Gasteiger partial charge in [0.2, 0.25) is 0 Å². The average molecular weight is 192 g/mol. The number of dihydropyridines is 1. The highest BCUT2D eigenvalue weighted by atomic mass is 14.8. The zero-order valence-electron chi connectivity index (χ0n) is 8.95. The Morgan fingerprint density at radius 3 is 2.57 bits per heavy atom. The van der Waals surface area contributed by atoms with E-state index in [9.17, 15) is 0 Å². The van der Waals surface area contributed by atoms with Crippen molar-refractivity contribution >= 4 is 5.71 Å². The third kappa shape index (κ3) is 2.24. The maximum atomic E-state index is 5.89. The molecule has 1 saturated carbocycles. The Bertz CT molecular complexity index is 247. The van der Waals surface area contributed by atoms with Crippen molar-refractivity contribution < 1.29 is 0 Å². The minimum atomic E-state index is 0.443. The molecule has 2 heteroatoms. The number of hydrogen-bond acceptors (Lipinski definition) is 2. The van der Waals surface area contributed by atoms with Crippen LogP contribution >= 0.6 is 0 Å². The lowest BCUT2D eigenvalue weighted by molar-refractivity contribution is 0.391. The molecule has 78 valence electrons. The smallest absolute Gasteiger partial charge is 0.0452 e. The zero-order valence-corrected chi connectivity index (χ0v) is 8.95. The van der Waals surface area contributed by atoms with Crippen molar-refractivity contribution in [2.45, 2.75) is 38.6 Å². The first-order chi connectivity index (χ1) is 6.75. The number of nitrogens with two attached hydrogens (primary N) is 1. The predicted octanol–water partition coefficient (Wildman–Crippen LogP) is 2.15. The molecular formula is C12H20N2. The lowest BCUT2D eigenvalue weighted by atomic mass is 9.82. The van der Waals surface area contributed by atoms with Crippen molar-refractivity contribution in [1.29, 1.82) is 0 Å². The van der Waals surface area contributed by atoms with Gasteiger partial charge in [-0.2, -0.15) is 0 Å². The molecule has 0 aromatic heterocycles. The minimum absolute atomic E-state index is 0.443. The second-order valence-electron chi connectivity index (χ2n) is 4.71. The topological polar surface area (TPSA) is 38.4 Å². The van der Waals surface area contributed by atoms with E-state index in [1.165, 1.54) is 31.4 Å². The molecular weight excluding hydrogens is 172 g/mol. The van der Waals surface area contributed by atoms with Gasteiger partial charge in [0.15, 0.2) is 0 Å². The van der Waals surface area contributed by atoms with Gasteiger partial charge in [-0.3, -0.25) is 4.99 Å². The third-order valence-corrected chi connectivity index (χ3v) is 3.35. The molecule has 0 radical (unpaired) electrons. The van der Waals surface area contributed by atoms with Crippen LogP contribution in [0.4, 0.5) is 0 Å². The van der Waals surface area contributed by atoms with E-state index in [4.69, 9.17) is 5.73 Å². The van der Waals surface area contributed by atoms with Crippen LogP contribution in [0.25, 0.3) is 0 Å². The summed E-state index contributed by atoms with van der Waals surface area (Å²) in [6.45, 7) is 3.20. The quantitative estimate of drug-likeness (QED) is 0.679. The summed E-state index contributed by atoms with van der Waals surface area (Å²) in [6.07, 6.45) is 9.34. The van der Waals surface area contributed by atoms with Crippen molar-refractivity contribution in [3.05, 3.63) is 12.2 Å². The van der Waals surface area contributed by atoms with Crippen LogP contribution in [0.2, 0.25) is 0 Å². The molecule has 0 aromatic rings. The van der Waals surface area contributed by atoms with Crippen LogP contribution in [0.3, 0.4) is 0 Å². The molecule has 14 heavy (non-hydrogen) atoms. The van der Waals surface area contributed by atoms with Crippen molar-refractivity contribution in [2.75, 3.05) is 6.54 Å².